The summed E-state index contributed by atoms with van der Waals surface area (Å²) in [6.07, 6.45) is 1.61. The van der Waals surface area contributed by atoms with Crippen LogP contribution < -0.4 is 10.9 Å². The van der Waals surface area contributed by atoms with Crippen LogP contribution in [-0.4, -0.2) is 50.2 Å². The van der Waals surface area contributed by atoms with E-state index in [1.807, 2.05) is 13.0 Å². The number of carbonyl (C=O) groups excluding carboxylic acids is 2. The fourth-order valence-corrected chi connectivity index (χ4v) is 3.89. The van der Waals surface area contributed by atoms with Crippen molar-refractivity contribution in [2.75, 3.05) is 18.8 Å². The van der Waals surface area contributed by atoms with Gasteiger partial charge >= 0.3 is 6.03 Å². The van der Waals surface area contributed by atoms with Crippen molar-refractivity contribution in [3.63, 3.8) is 0 Å². The van der Waals surface area contributed by atoms with Crippen LogP contribution in [0, 0.1) is 6.92 Å². The Morgan fingerprint density at radius 3 is 2.79 bits per heavy atom. The minimum absolute atomic E-state index is 0.00984. The molecule has 1 saturated heterocycles. The first-order chi connectivity index (χ1) is 13.6. The SMILES string of the molecule is Cc1cccnc1-n1c(SCC(=O)N2CCNC2=O)nc2ccccc2c1=O. The number of hydrogen-bond acceptors (Lipinski definition) is 6. The van der Waals surface area contributed by atoms with Gasteiger partial charge in [-0.3, -0.25) is 14.5 Å². The number of benzene rings is 1. The van der Waals surface area contributed by atoms with Crippen molar-refractivity contribution < 1.29 is 9.59 Å². The molecule has 1 N–H and O–H groups in total. The molecule has 3 aromatic rings. The van der Waals surface area contributed by atoms with Gasteiger partial charge < -0.3 is 5.32 Å². The molecule has 0 bridgehead atoms. The van der Waals surface area contributed by atoms with Crippen LogP contribution in [0.5, 0.6) is 0 Å². The van der Waals surface area contributed by atoms with Gasteiger partial charge in [0, 0.05) is 19.3 Å². The first-order valence-corrected chi connectivity index (χ1v) is 9.69. The molecular formula is C19H17N5O3S. The van der Waals surface area contributed by atoms with Crippen molar-refractivity contribution in [2.24, 2.45) is 0 Å². The molecule has 0 spiro atoms. The van der Waals surface area contributed by atoms with E-state index < -0.39 is 6.03 Å². The lowest BCUT2D eigenvalue weighted by atomic mass is 10.2. The van der Waals surface area contributed by atoms with Gasteiger partial charge in [0.25, 0.3) is 5.56 Å². The molecule has 0 saturated carbocycles. The molecule has 0 radical (unpaired) electrons. The van der Waals surface area contributed by atoms with Gasteiger partial charge in [-0.15, -0.1) is 0 Å². The average Bonchev–Trinajstić information content (AvgIpc) is 3.13. The number of nitrogens with zero attached hydrogens (tertiary/aromatic N) is 4. The second-order valence-electron chi connectivity index (χ2n) is 6.26. The van der Waals surface area contributed by atoms with Crippen molar-refractivity contribution >= 4 is 34.6 Å². The molecule has 0 unspecified atom stereocenters. The number of amides is 3. The molecule has 1 aliphatic rings. The third-order valence-corrected chi connectivity index (χ3v) is 5.34. The number of rotatable bonds is 4. The molecule has 1 aliphatic heterocycles. The third-order valence-electron chi connectivity index (χ3n) is 4.42. The minimum atomic E-state index is -0.393. The van der Waals surface area contributed by atoms with Gasteiger partial charge in [-0.1, -0.05) is 30.0 Å². The number of nitrogens with one attached hydrogen (secondary N) is 1. The molecule has 1 aromatic carbocycles. The Balaban J connectivity index is 1.77. The Labute approximate surface area is 164 Å². The summed E-state index contributed by atoms with van der Waals surface area (Å²) in [5, 5.41) is 3.44. The van der Waals surface area contributed by atoms with E-state index in [9.17, 15) is 14.4 Å². The van der Waals surface area contributed by atoms with E-state index in [2.05, 4.69) is 15.3 Å². The van der Waals surface area contributed by atoms with Crippen molar-refractivity contribution in [1.82, 2.24) is 24.8 Å². The Bertz CT molecular complexity index is 1140. The first kappa shape index (κ1) is 18.2. The number of para-hydroxylation sites is 1. The van der Waals surface area contributed by atoms with Gasteiger partial charge in [-0.2, -0.15) is 0 Å². The number of thioether (sulfide) groups is 1. The van der Waals surface area contributed by atoms with E-state index in [-0.39, 0.29) is 17.2 Å². The number of pyridine rings is 1. The van der Waals surface area contributed by atoms with Crippen molar-refractivity contribution in [1.29, 1.82) is 0 Å². The number of aromatic nitrogens is 3. The highest BCUT2D eigenvalue weighted by Crippen LogP contribution is 2.22. The van der Waals surface area contributed by atoms with Gasteiger partial charge in [-0.05, 0) is 30.7 Å². The maximum absolute atomic E-state index is 13.2. The lowest BCUT2D eigenvalue weighted by molar-refractivity contribution is -0.124. The molecule has 0 atom stereocenters. The largest absolute Gasteiger partial charge is 0.336 e. The highest BCUT2D eigenvalue weighted by Gasteiger charge is 2.26. The van der Waals surface area contributed by atoms with Crippen LogP contribution in [0.1, 0.15) is 5.56 Å². The maximum atomic E-state index is 13.2. The third kappa shape index (κ3) is 3.24. The van der Waals surface area contributed by atoms with Gasteiger partial charge in [-0.25, -0.2) is 19.3 Å². The van der Waals surface area contributed by atoms with Crippen LogP contribution in [0.4, 0.5) is 4.79 Å². The van der Waals surface area contributed by atoms with Gasteiger partial charge in [0.15, 0.2) is 5.16 Å². The van der Waals surface area contributed by atoms with E-state index in [0.29, 0.717) is 35.0 Å². The summed E-state index contributed by atoms with van der Waals surface area (Å²) in [7, 11) is 0. The van der Waals surface area contributed by atoms with Crippen molar-refractivity contribution in [3.8, 4) is 5.82 Å². The average molecular weight is 395 g/mol. The Morgan fingerprint density at radius 2 is 2.04 bits per heavy atom. The summed E-state index contributed by atoms with van der Waals surface area (Å²) < 4.78 is 1.43. The molecule has 0 aliphatic carbocycles. The second kappa shape index (κ2) is 7.43. The monoisotopic (exact) mass is 395 g/mol. The van der Waals surface area contributed by atoms with E-state index >= 15 is 0 Å². The molecule has 3 heterocycles. The van der Waals surface area contributed by atoms with Crippen molar-refractivity contribution in [2.45, 2.75) is 12.1 Å². The van der Waals surface area contributed by atoms with E-state index in [1.54, 1.807) is 36.5 Å². The molecular weight excluding hydrogens is 378 g/mol. The lowest BCUT2D eigenvalue weighted by Crippen LogP contribution is -2.35. The molecule has 9 heteroatoms. The first-order valence-electron chi connectivity index (χ1n) is 8.71. The zero-order valence-corrected chi connectivity index (χ0v) is 15.9. The molecule has 2 aromatic heterocycles. The molecule has 28 heavy (non-hydrogen) atoms. The topological polar surface area (TPSA) is 97.2 Å². The number of urea groups is 1. The molecule has 4 rings (SSSR count). The van der Waals surface area contributed by atoms with Gasteiger partial charge in [0.2, 0.25) is 5.91 Å². The quantitative estimate of drug-likeness (QED) is 0.534. The van der Waals surface area contributed by atoms with Crippen LogP contribution in [0.2, 0.25) is 0 Å². The minimum Gasteiger partial charge on any atom is -0.336 e. The summed E-state index contributed by atoms with van der Waals surface area (Å²) in [6, 6.07) is 10.3. The van der Waals surface area contributed by atoms with Crippen LogP contribution in [0.25, 0.3) is 16.7 Å². The second-order valence-corrected chi connectivity index (χ2v) is 7.20. The molecule has 142 valence electrons. The maximum Gasteiger partial charge on any atom is 0.324 e. The smallest absolute Gasteiger partial charge is 0.324 e. The van der Waals surface area contributed by atoms with Crippen LogP contribution in [-0.2, 0) is 4.79 Å². The summed E-state index contributed by atoms with van der Waals surface area (Å²) >= 11 is 1.12. The Kier molecular flexibility index (Phi) is 4.82. The van der Waals surface area contributed by atoms with Crippen LogP contribution in [0.15, 0.2) is 52.5 Å². The standard InChI is InChI=1S/C19H17N5O3S/c1-12-5-4-8-20-16(12)24-17(26)13-6-2-3-7-14(13)22-19(24)28-11-15(25)23-10-9-21-18(23)27/h2-8H,9-11H2,1H3,(H,21,27). The Morgan fingerprint density at radius 1 is 1.21 bits per heavy atom. The summed E-state index contributed by atoms with van der Waals surface area (Å²) in [6.45, 7) is 2.65. The fourth-order valence-electron chi connectivity index (χ4n) is 3.02. The summed E-state index contributed by atoms with van der Waals surface area (Å²) in [5.74, 6) is 0.135. The van der Waals surface area contributed by atoms with Crippen LogP contribution >= 0.6 is 11.8 Å². The fraction of sp³-hybridized carbons (Fsp3) is 0.211. The zero-order valence-electron chi connectivity index (χ0n) is 15.1. The molecule has 3 amide bonds. The lowest BCUT2D eigenvalue weighted by Gasteiger charge is -2.15. The van der Waals surface area contributed by atoms with Gasteiger partial charge in [0.1, 0.15) is 5.82 Å². The van der Waals surface area contributed by atoms with E-state index in [4.69, 9.17) is 0 Å². The highest BCUT2D eigenvalue weighted by molar-refractivity contribution is 7.99. The molecule has 8 nitrogen and oxygen atoms in total. The van der Waals surface area contributed by atoms with E-state index in [0.717, 1.165) is 17.3 Å². The number of fused-ring (bicyclic) bond motifs is 1. The number of carbonyl (C=O) groups is 2. The van der Waals surface area contributed by atoms with Gasteiger partial charge in [0.05, 0.1) is 16.7 Å². The molecule has 1 fully saturated rings. The predicted octanol–water partition coefficient (Wildman–Crippen LogP) is 1.73. The van der Waals surface area contributed by atoms with E-state index in [1.165, 1.54) is 9.47 Å². The summed E-state index contributed by atoms with van der Waals surface area (Å²) in [5.41, 5.74) is 1.11. The number of aryl methyl sites for hydroxylation is 1. The van der Waals surface area contributed by atoms with Crippen molar-refractivity contribution in [3.05, 3.63) is 58.5 Å². The predicted molar refractivity (Wildman–Crippen MR) is 106 cm³/mol. The zero-order chi connectivity index (χ0) is 19.7. The number of imide groups is 1. The highest BCUT2D eigenvalue weighted by atomic mass is 32.2. The summed E-state index contributed by atoms with van der Waals surface area (Å²) in [4.78, 5) is 47.4. The number of hydrogen-bond donors (Lipinski definition) is 1. The normalized spacial score (nSPS) is 13.8. The Hall–Kier alpha value is -3.20. The van der Waals surface area contributed by atoms with Crippen LogP contribution in [0.3, 0.4) is 0 Å².